The number of nitrogens with zero attached hydrogens (tertiary/aromatic N) is 1. The second-order valence-electron chi connectivity index (χ2n) is 4.13. The maximum atomic E-state index is 10.8. The topological polar surface area (TPSA) is 78.4 Å². The minimum atomic E-state index is -0.494. The normalized spacial score (nSPS) is 10.4. The van der Waals surface area contributed by atoms with E-state index in [1.807, 2.05) is 0 Å². The summed E-state index contributed by atoms with van der Waals surface area (Å²) in [5.74, 6) is 0.371. The lowest BCUT2D eigenvalue weighted by molar-refractivity contribution is -0.384. The number of nitro groups is 1. The molecule has 2 aromatic rings. The highest BCUT2D eigenvalue weighted by molar-refractivity contribution is 9.10. The van der Waals surface area contributed by atoms with Crippen LogP contribution in [0.15, 0.2) is 34.8 Å². The Morgan fingerprint density at radius 3 is 2.62 bits per heavy atom. The van der Waals surface area contributed by atoms with Gasteiger partial charge in [-0.25, -0.2) is 0 Å². The number of nitro benzene ring substituents is 1. The molecule has 0 saturated carbocycles. The minimum absolute atomic E-state index is 0.0468. The van der Waals surface area contributed by atoms with E-state index >= 15 is 0 Å². The van der Waals surface area contributed by atoms with Crippen LogP contribution in [0, 0.1) is 10.1 Å². The van der Waals surface area contributed by atoms with E-state index in [4.69, 9.17) is 33.7 Å². The minimum Gasteiger partial charge on any atom is -0.487 e. The van der Waals surface area contributed by atoms with Gasteiger partial charge in [0.05, 0.1) is 15.0 Å². The number of ether oxygens (including phenoxy) is 1. The Balaban J connectivity index is 2.22. The van der Waals surface area contributed by atoms with Crippen LogP contribution < -0.4 is 10.5 Å². The van der Waals surface area contributed by atoms with Gasteiger partial charge in [0.15, 0.2) is 0 Å². The molecule has 0 amide bonds. The number of benzene rings is 2. The van der Waals surface area contributed by atoms with E-state index in [1.54, 1.807) is 12.1 Å². The fourth-order valence-corrected chi connectivity index (χ4v) is 2.45. The van der Waals surface area contributed by atoms with Crippen LogP contribution in [0.5, 0.6) is 5.75 Å². The molecule has 0 bridgehead atoms. The highest BCUT2D eigenvalue weighted by Gasteiger charge is 2.11. The van der Waals surface area contributed by atoms with Gasteiger partial charge in [0.1, 0.15) is 12.4 Å². The lowest BCUT2D eigenvalue weighted by Gasteiger charge is -2.11. The summed E-state index contributed by atoms with van der Waals surface area (Å²) < 4.78 is 6.18. The lowest BCUT2D eigenvalue weighted by atomic mass is 10.1. The summed E-state index contributed by atoms with van der Waals surface area (Å²) in [6.45, 7) is 0.0468. The van der Waals surface area contributed by atoms with Crippen LogP contribution in [-0.2, 0) is 6.61 Å². The van der Waals surface area contributed by atoms with Crippen LogP contribution in [0.1, 0.15) is 5.56 Å². The predicted octanol–water partition coefficient (Wildman–Crippen LogP) is 4.83. The van der Waals surface area contributed by atoms with Crippen LogP contribution >= 0.6 is 39.1 Å². The Bertz CT molecular complexity index is 710. The zero-order chi connectivity index (χ0) is 15.6. The molecule has 0 aliphatic heterocycles. The van der Waals surface area contributed by atoms with Crippen molar-refractivity contribution < 1.29 is 9.66 Å². The molecule has 0 aromatic heterocycles. The third-order valence-electron chi connectivity index (χ3n) is 2.70. The van der Waals surface area contributed by atoms with Crippen molar-refractivity contribution in [1.29, 1.82) is 0 Å². The second-order valence-corrected chi connectivity index (χ2v) is 5.79. The quantitative estimate of drug-likeness (QED) is 0.350. The van der Waals surface area contributed by atoms with Crippen molar-refractivity contribution >= 4 is 50.5 Å². The fourth-order valence-electron chi connectivity index (χ4n) is 1.60. The van der Waals surface area contributed by atoms with Gasteiger partial charge < -0.3 is 10.5 Å². The van der Waals surface area contributed by atoms with Crippen molar-refractivity contribution in [2.45, 2.75) is 6.61 Å². The van der Waals surface area contributed by atoms with Crippen molar-refractivity contribution in [1.82, 2.24) is 0 Å². The highest BCUT2D eigenvalue weighted by atomic mass is 79.9. The average molecular weight is 392 g/mol. The number of halogens is 3. The zero-order valence-corrected chi connectivity index (χ0v) is 13.6. The monoisotopic (exact) mass is 390 g/mol. The fraction of sp³-hybridized carbons (Fsp3) is 0.0769. The zero-order valence-electron chi connectivity index (χ0n) is 10.5. The standard InChI is InChI=1S/C13H9BrCl2N2O3/c14-9-4-11(16)13(5-10(9)15)21-6-7-3-8(18(19)20)1-2-12(7)17/h1-5H,6,17H2. The van der Waals surface area contributed by atoms with Gasteiger partial charge in [-0.3, -0.25) is 10.1 Å². The Morgan fingerprint density at radius 2 is 1.95 bits per heavy atom. The number of non-ortho nitro benzene ring substituents is 1. The first kappa shape index (κ1) is 15.9. The van der Waals surface area contributed by atoms with Crippen molar-refractivity contribution in [2.75, 3.05) is 5.73 Å². The molecule has 5 nitrogen and oxygen atoms in total. The van der Waals surface area contributed by atoms with Gasteiger partial charge in [-0.1, -0.05) is 23.2 Å². The molecule has 2 aromatic carbocycles. The Kier molecular flexibility index (Phi) is 4.92. The van der Waals surface area contributed by atoms with Gasteiger partial charge in [-0.2, -0.15) is 0 Å². The van der Waals surface area contributed by atoms with Gasteiger partial charge in [0.2, 0.25) is 0 Å². The first-order valence-corrected chi connectivity index (χ1v) is 7.23. The molecular weight excluding hydrogens is 383 g/mol. The van der Waals surface area contributed by atoms with Crippen LogP contribution in [0.3, 0.4) is 0 Å². The van der Waals surface area contributed by atoms with E-state index in [0.29, 0.717) is 31.5 Å². The summed E-state index contributed by atoms with van der Waals surface area (Å²) in [7, 11) is 0. The number of anilines is 1. The lowest BCUT2D eigenvalue weighted by Crippen LogP contribution is -2.02. The van der Waals surface area contributed by atoms with E-state index in [1.165, 1.54) is 18.2 Å². The van der Waals surface area contributed by atoms with Crippen LogP contribution in [0.4, 0.5) is 11.4 Å². The van der Waals surface area contributed by atoms with Crippen molar-refractivity contribution in [3.63, 3.8) is 0 Å². The second kappa shape index (κ2) is 6.51. The van der Waals surface area contributed by atoms with Crippen LogP contribution in [0.25, 0.3) is 0 Å². The predicted molar refractivity (Wildman–Crippen MR) is 86.0 cm³/mol. The van der Waals surface area contributed by atoms with Crippen LogP contribution in [-0.4, -0.2) is 4.92 Å². The Morgan fingerprint density at radius 1 is 1.24 bits per heavy atom. The molecule has 0 aliphatic rings. The molecule has 8 heteroatoms. The van der Waals surface area contributed by atoms with Crippen molar-refractivity contribution in [2.24, 2.45) is 0 Å². The van der Waals surface area contributed by atoms with E-state index < -0.39 is 4.92 Å². The first-order valence-electron chi connectivity index (χ1n) is 5.68. The Hall–Kier alpha value is -1.50. The number of nitrogens with two attached hydrogens (primary N) is 1. The maximum absolute atomic E-state index is 10.8. The summed E-state index contributed by atoms with van der Waals surface area (Å²) in [4.78, 5) is 10.3. The van der Waals surface area contributed by atoms with Crippen molar-refractivity contribution in [3.05, 3.63) is 60.5 Å². The summed E-state index contributed by atoms with van der Waals surface area (Å²) in [6, 6.07) is 7.33. The molecule has 0 aliphatic carbocycles. The van der Waals surface area contributed by atoms with E-state index in [-0.39, 0.29) is 12.3 Å². The highest BCUT2D eigenvalue weighted by Crippen LogP contribution is 2.34. The summed E-state index contributed by atoms with van der Waals surface area (Å²) in [6.07, 6.45) is 0. The first-order chi connectivity index (χ1) is 9.88. The number of hydrogen-bond donors (Lipinski definition) is 1. The number of nitrogen functional groups attached to an aromatic ring is 1. The smallest absolute Gasteiger partial charge is 0.269 e. The average Bonchev–Trinajstić information content (AvgIpc) is 2.42. The molecule has 0 saturated heterocycles. The molecule has 2 rings (SSSR count). The van der Waals surface area contributed by atoms with Gasteiger partial charge >= 0.3 is 0 Å². The molecule has 0 heterocycles. The molecule has 0 unspecified atom stereocenters. The SMILES string of the molecule is Nc1ccc([N+](=O)[O-])cc1COc1cc(Cl)c(Br)cc1Cl. The van der Waals surface area contributed by atoms with Gasteiger partial charge in [0, 0.05) is 33.9 Å². The molecule has 2 N–H and O–H groups in total. The Labute approximate surface area is 138 Å². The molecule has 0 radical (unpaired) electrons. The molecule has 110 valence electrons. The maximum Gasteiger partial charge on any atom is 0.269 e. The third-order valence-corrected chi connectivity index (χ3v) is 4.19. The number of hydrogen-bond acceptors (Lipinski definition) is 4. The molecule has 0 atom stereocenters. The van der Waals surface area contributed by atoms with Gasteiger partial charge in [-0.15, -0.1) is 0 Å². The van der Waals surface area contributed by atoms with Gasteiger partial charge in [0.25, 0.3) is 5.69 Å². The third kappa shape index (κ3) is 3.78. The van der Waals surface area contributed by atoms with Gasteiger partial charge in [-0.05, 0) is 28.1 Å². The van der Waals surface area contributed by atoms with E-state index in [2.05, 4.69) is 15.9 Å². The van der Waals surface area contributed by atoms with E-state index in [9.17, 15) is 10.1 Å². The molecule has 0 spiro atoms. The largest absolute Gasteiger partial charge is 0.487 e. The molecular formula is C13H9BrCl2N2O3. The number of rotatable bonds is 4. The van der Waals surface area contributed by atoms with E-state index in [0.717, 1.165) is 0 Å². The summed E-state index contributed by atoms with van der Waals surface area (Å²) in [5.41, 5.74) is 6.63. The van der Waals surface area contributed by atoms with Crippen molar-refractivity contribution in [3.8, 4) is 5.75 Å². The van der Waals surface area contributed by atoms with Crippen LogP contribution in [0.2, 0.25) is 10.0 Å². The molecule has 21 heavy (non-hydrogen) atoms. The molecule has 0 fully saturated rings. The summed E-state index contributed by atoms with van der Waals surface area (Å²) >= 11 is 15.2. The summed E-state index contributed by atoms with van der Waals surface area (Å²) in [5, 5.41) is 11.6.